The highest BCUT2D eigenvalue weighted by molar-refractivity contribution is 5.94. The molecule has 0 unspecified atom stereocenters. The summed E-state index contributed by atoms with van der Waals surface area (Å²) in [5.41, 5.74) is 2.26. The summed E-state index contributed by atoms with van der Waals surface area (Å²) in [7, 11) is 0. The zero-order chi connectivity index (χ0) is 18.7. The van der Waals surface area contributed by atoms with Crippen molar-refractivity contribution < 1.29 is 23.8 Å². The van der Waals surface area contributed by atoms with Crippen LogP contribution in [0.2, 0.25) is 0 Å². The summed E-state index contributed by atoms with van der Waals surface area (Å²) in [5, 5.41) is 0. The lowest BCUT2D eigenvalue weighted by Crippen LogP contribution is -2.28. The molecule has 1 aromatic carbocycles. The predicted octanol–water partition coefficient (Wildman–Crippen LogP) is 3.99. The second-order valence-corrected chi connectivity index (χ2v) is 5.98. The molecule has 0 aliphatic rings. The van der Waals surface area contributed by atoms with Crippen molar-refractivity contribution >= 4 is 11.9 Å². The van der Waals surface area contributed by atoms with E-state index < -0.39 is 17.9 Å². The van der Waals surface area contributed by atoms with E-state index in [0.717, 1.165) is 36.1 Å². The molecule has 0 aromatic heterocycles. The van der Waals surface area contributed by atoms with Crippen molar-refractivity contribution in [3.63, 3.8) is 0 Å². The van der Waals surface area contributed by atoms with Crippen LogP contribution >= 0.6 is 0 Å². The summed E-state index contributed by atoms with van der Waals surface area (Å²) in [6.07, 6.45) is 2.94. The van der Waals surface area contributed by atoms with Gasteiger partial charge in [-0.15, -0.1) is 0 Å². The number of hydrogen-bond acceptors (Lipinski definition) is 5. The minimum atomic E-state index is -0.820. The molecule has 0 spiro atoms. The first-order valence-electron chi connectivity index (χ1n) is 9.03. The van der Waals surface area contributed by atoms with Crippen LogP contribution in [-0.2, 0) is 19.1 Å². The Morgan fingerprint density at radius 1 is 0.920 bits per heavy atom. The van der Waals surface area contributed by atoms with Crippen LogP contribution in [0.5, 0.6) is 5.75 Å². The van der Waals surface area contributed by atoms with Gasteiger partial charge < -0.3 is 14.2 Å². The second kappa shape index (κ2) is 11.5. The standard InChI is InChI=1S/C20H30O5/c1-5-23-19(21)17(20(22)24-6-2)13-8-7-9-14-25-18-15(3)11-10-12-16(18)4/h10-12,17H,5-9,13-14H2,1-4H3. The Morgan fingerprint density at radius 3 is 2.00 bits per heavy atom. The molecule has 0 amide bonds. The number of rotatable bonds is 11. The largest absolute Gasteiger partial charge is 0.493 e. The smallest absolute Gasteiger partial charge is 0.320 e. The number of carbonyl (C=O) groups is 2. The van der Waals surface area contributed by atoms with E-state index in [1.54, 1.807) is 13.8 Å². The first-order chi connectivity index (χ1) is 12.0. The van der Waals surface area contributed by atoms with Crippen molar-refractivity contribution in [3.8, 4) is 5.75 Å². The third-order valence-electron chi connectivity index (χ3n) is 3.93. The van der Waals surface area contributed by atoms with Crippen LogP contribution in [-0.4, -0.2) is 31.8 Å². The molecule has 5 nitrogen and oxygen atoms in total. The normalized spacial score (nSPS) is 10.6. The molecule has 0 saturated heterocycles. The summed E-state index contributed by atoms with van der Waals surface area (Å²) in [4.78, 5) is 23.8. The van der Waals surface area contributed by atoms with E-state index in [9.17, 15) is 9.59 Å². The van der Waals surface area contributed by atoms with Crippen molar-refractivity contribution in [1.29, 1.82) is 0 Å². The van der Waals surface area contributed by atoms with Crippen LogP contribution in [0.4, 0.5) is 0 Å². The molecular formula is C20H30O5. The van der Waals surface area contributed by atoms with Gasteiger partial charge in [0.15, 0.2) is 5.92 Å². The van der Waals surface area contributed by atoms with E-state index in [4.69, 9.17) is 14.2 Å². The number of unbranched alkanes of at least 4 members (excludes halogenated alkanes) is 2. The molecular weight excluding hydrogens is 320 g/mol. The van der Waals surface area contributed by atoms with Crippen molar-refractivity contribution in [2.24, 2.45) is 5.92 Å². The van der Waals surface area contributed by atoms with Crippen molar-refractivity contribution in [3.05, 3.63) is 29.3 Å². The van der Waals surface area contributed by atoms with Crippen molar-refractivity contribution in [2.75, 3.05) is 19.8 Å². The summed E-state index contributed by atoms with van der Waals surface area (Å²) in [6, 6.07) is 6.08. The molecule has 0 heterocycles. The molecule has 25 heavy (non-hydrogen) atoms. The van der Waals surface area contributed by atoms with Crippen LogP contribution in [0.15, 0.2) is 18.2 Å². The molecule has 0 radical (unpaired) electrons. The minimum Gasteiger partial charge on any atom is -0.493 e. The van der Waals surface area contributed by atoms with Crippen LogP contribution in [0.3, 0.4) is 0 Å². The number of ether oxygens (including phenoxy) is 3. The Bertz CT molecular complexity index is 515. The lowest BCUT2D eigenvalue weighted by atomic mass is 10.0. The first kappa shape index (κ1) is 21.0. The third-order valence-corrected chi connectivity index (χ3v) is 3.93. The van der Waals surface area contributed by atoms with Crippen LogP contribution in [0, 0.1) is 19.8 Å². The molecule has 0 aliphatic heterocycles. The zero-order valence-corrected chi connectivity index (χ0v) is 15.8. The van der Waals surface area contributed by atoms with Crippen molar-refractivity contribution in [1.82, 2.24) is 0 Å². The van der Waals surface area contributed by atoms with Crippen LogP contribution in [0.1, 0.15) is 50.7 Å². The van der Waals surface area contributed by atoms with Gasteiger partial charge in [-0.1, -0.05) is 31.0 Å². The van der Waals surface area contributed by atoms with E-state index in [-0.39, 0.29) is 13.2 Å². The topological polar surface area (TPSA) is 61.8 Å². The number of hydrogen-bond donors (Lipinski definition) is 0. The minimum absolute atomic E-state index is 0.262. The molecule has 0 N–H and O–H groups in total. The molecule has 0 bridgehead atoms. The molecule has 0 aliphatic carbocycles. The van der Waals surface area contributed by atoms with Crippen LogP contribution < -0.4 is 4.74 Å². The summed E-state index contributed by atoms with van der Waals surface area (Å²) >= 11 is 0. The predicted molar refractivity (Wildman–Crippen MR) is 96.6 cm³/mol. The van der Waals surface area contributed by atoms with E-state index in [1.807, 2.05) is 32.0 Å². The van der Waals surface area contributed by atoms with Gasteiger partial charge in [0.2, 0.25) is 0 Å². The summed E-state index contributed by atoms with van der Waals surface area (Å²) in [5.74, 6) is -0.863. The van der Waals surface area contributed by atoms with Gasteiger partial charge in [-0.25, -0.2) is 0 Å². The fourth-order valence-electron chi connectivity index (χ4n) is 2.65. The number of carbonyl (C=O) groups excluding carboxylic acids is 2. The maximum absolute atomic E-state index is 11.9. The van der Waals surface area contributed by atoms with Gasteiger partial charge >= 0.3 is 11.9 Å². The van der Waals surface area contributed by atoms with Crippen molar-refractivity contribution in [2.45, 2.75) is 53.4 Å². The van der Waals surface area contributed by atoms with E-state index in [2.05, 4.69) is 0 Å². The molecule has 1 aromatic rings. The number of esters is 2. The highest BCUT2D eigenvalue weighted by Crippen LogP contribution is 2.22. The monoisotopic (exact) mass is 350 g/mol. The highest BCUT2D eigenvalue weighted by Gasteiger charge is 2.28. The maximum Gasteiger partial charge on any atom is 0.320 e. The Balaban J connectivity index is 2.36. The fraction of sp³-hybridized carbons (Fsp3) is 0.600. The molecule has 0 fully saturated rings. The third kappa shape index (κ3) is 7.16. The van der Waals surface area contributed by atoms with E-state index in [1.165, 1.54) is 0 Å². The second-order valence-electron chi connectivity index (χ2n) is 5.98. The van der Waals surface area contributed by atoms with Gasteiger partial charge in [-0.2, -0.15) is 0 Å². The van der Waals surface area contributed by atoms with E-state index >= 15 is 0 Å². The quantitative estimate of drug-likeness (QED) is 0.343. The molecule has 0 saturated carbocycles. The lowest BCUT2D eigenvalue weighted by molar-refractivity contribution is -0.161. The van der Waals surface area contributed by atoms with Gasteiger partial charge in [-0.3, -0.25) is 9.59 Å². The summed E-state index contributed by atoms with van der Waals surface area (Å²) in [6.45, 7) is 8.67. The lowest BCUT2D eigenvalue weighted by Gasteiger charge is -2.14. The molecule has 0 atom stereocenters. The van der Waals surface area contributed by atoms with Gasteiger partial charge in [-0.05, 0) is 51.7 Å². The summed E-state index contributed by atoms with van der Waals surface area (Å²) < 4.78 is 15.8. The Morgan fingerprint density at radius 2 is 1.48 bits per heavy atom. The van der Waals surface area contributed by atoms with Gasteiger partial charge in [0, 0.05) is 0 Å². The average molecular weight is 350 g/mol. The van der Waals surface area contributed by atoms with Crippen LogP contribution in [0.25, 0.3) is 0 Å². The van der Waals surface area contributed by atoms with Gasteiger partial charge in [0.25, 0.3) is 0 Å². The SMILES string of the molecule is CCOC(=O)C(CCCCCOc1c(C)cccc1C)C(=O)OCC. The molecule has 5 heteroatoms. The highest BCUT2D eigenvalue weighted by atomic mass is 16.6. The Kier molecular flexibility index (Phi) is 9.66. The maximum atomic E-state index is 11.9. The Labute approximate surface area is 150 Å². The molecule has 140 valence electrons. The van der Waals surface area contributed by atoms with Gasteiger partial charge in [0.1, 0.15) is 5.75 Å². The van der Waals surface area contributed by atoms with E-state index in [0.29, 0.717) is 13.0 Å². The van der Waals surface area contributed by atoms with Gasteiger partial charge in [0.05, 0.1) is 19.8 Å². The zero-order valence-electron chi connectivity index (χ0n) is 15.8. The number of benzene rings is 1. The number of aryl methyl sites for hydroxylation is 2. The average Bonchev–Trinajstić information content (AvgIpc) is 2.56. The Hall–Kier alpha value is -2.04. The first-order valence-corrected chi connectivity index (χ1v) is 9.03. The number of para-hydroxylation sites is 1. The fourth-order valence-corrected chi connectivity index (χ4v) is 2.65. The molecule has 1 rings (SSSR count).